The molecule has 0 heterocycles. The van der Waals surface area contributed by atoms with Gasteiger partial charge in [-0.2, -0.15) is 0 Å². The van der Waals surface area contributed by atoms with Gasteiger partial charge in [-0.1, -0.05) is 81.2 Å². The van der Waals surface area contributed by atoms with Gasteiger partial charge in [0.15, 0.2) is 0 Å². The number of hydrogen-bond donors (Lipinski definition) is 1. The summed E-state index contributed by atoms with van der Waals surface area (Å²) in [6.07, 6.45) is 2.31. The SMILES string of the molecule is CC[C@@H](C)NC(=O)[C@H](CC)N(Cc1ccc(Cl)c(Cl)c1)C(=O)CCc1ccc(C(C)C)cc1. The van der Waals surface area contributed by atoms with Gasteiger partial charge in [0.05, 0.1) is 10.0 Å². The maximum Gasteiger partial charge on any atom is 0.243 e. The Balaban J connectivity index is 2.22. The number of amides is 2. The van der Waals surface area contributed by atoms with Crippen LogP contribution in [0.1, 0.15) is 76.5 Å². The Kier molecular flexibility index (Phi) is 10.7. The molecule has 0 saturated heterocycles. The third kappa shape index (κ3) is 8.04. The minimum Gasteiger partial charge on any atom is -0.352 e. The number of rotatable bonds is 11. The molecule has 0 aliphatic carbocycles. The van der Waals surface area contributed by atoms with Crippen LogP contribution in [0.2, 0.25) is 10.0 Å². The number of aryl methyl sites for hydroxylation is 1. The Hall–Kier alpha value is -2.04. The molecular formula is C27H36Cl2N2O2. The van der Waals surface area contributed by atoms with Crippen molar-refractivity contribution in [1.29, 1.82) is 0 Å². The van der Waals surface area contributed by atoms with Gasteiger partial charge in [-0.3, -0.25) is 9.59 Å². The maximum absolute atomic E-state index is 13.4. The molecule has 0 saturated carbocycles. The molecule has 180 valence electrons. The lowest BCUT2D eigenvalue weighted by Crippen LogP contribution is -2.50. The molecular weight excluding hydrogens is 455 g/mol. The summed E-state index contributed by atoms with van der Waals surface area (Å²) < 4.78 is 0. The number of hydrogen-bond acceptors (Lipinski definition) is 2. The van der Waals surface area contributed by atoms with Crippen molar-refractivity contribution in [2.75, 3.05) is 0 Å². The van der Waals surface area contributed by atoms with E-state index < -0.39 is 6.04 Å². The van der Waals surface area contributed by atoms with E-state index in [0.717, 1.165) is 17.5 Å². The molecule has 2 amide bonds. The molecule has 2 aromatic rings. The number of halogens is 2. The molecule has 0 aromatic heterocycles. The minimum absolute atomic E-state index is 0.0490. The zero-order valence-electron chi connectivity index (χ0n) is 20.3. The fourth-order valence-corrected chi connectivity index (χ4v) is 3.98. The second kappa shape index (κ2) is 13.0. The van der Waals surface area contributed by atoms with Crippen molar-refractivity contribution < 1.29 is 9.59 Å². The zero-order valence-corrected chi connectivity index (χ0v) is 21.8. The van der Waals surface area contributed by atoms with E-state index in [1.54, 1.807) is 17.0 Å². The maximum atomic E-state index is 13.4. The predicted molar refractivity (Wildman–Crippen MR) is 138 cm³/mol. The zero-order chi connectivity index (χ0) is 24.5. The monoisotopic (exact) mass is 490 g/mol. The van der Waals surface area contributed by atoms with Crippen LogP contribution in [0.3, 0.4) is 0 Å². The van der Waals surface area contributed by atoms with Crippen LogP contribution in [0, 0.1) is 0 Å². The van der Waals surface area contributed by atoms with E-state index in [9.17, 15) is 9.59 Å². The average molecular weight is 492 g/mol. The van der Waals surface area contributed by atoms with Gasteiger partial charge in [0, 0.05) is 19.0 Å². The smallest absolute Gasteiger partial charge is 0.243 e. The van der Waals surface area contributed by atoms with Gasteiger partial charge in [0.1, 0.15) is 6.04 Å². The van der Waals surface area contributed by atoms with E-state index in [1.807, 2.05) is 26.8 Å². The average Bonchev–Trinajstić information content (AvgIpc) is 2.79. The summed E-state index contributed by atoms with van der Waals surface area (Å²) in [6, 6.07) is 13.2. The minimum atomic E-state index is -0.552. The molecule has 6 heteroatoms. The van der Waals surface area contributed by atoms with Crippen molar-refractivity contribution in [3.05, 3.63) is 69.2 Å². The number of carbonyl (C=O) groups excluding carboxylic acids is 2. The lowest BCUT2D eigenvalue weighted by Gasteiger charge is -2.31. The third-order valence-corrected chi connectivity index (χ3v) is 6.74. The van der Waals surface area contributed by atoms with Crippen molar-refractivity contribution in [1.82, 2.24) is 10.2 Å². The molecule has 0 radical (unpaired) electrons. The van der Waals surface area contributed by atoms with Gasteiger partial charge in [0.2, 0.25) is 11.8 Å². The molecule has 0 fully saturated rings. The largest absolute Gasteiger partial charge is 0.352 e. The molecule has 0 aliphatic rings. The Morgan fingerprint density at radius 1 is 0.909 bits per heavy atom. The first-order valence-corrected chi connectivity index (χ1v) is 12.5. The van der Waals surface area contributed by atoms with Crippen LogP contribution in [0.5, 0.6) is 0 Å². The van der Waals surface area contributed by atoms with Crippen molar-refractivity contribution in [3.8, 4) is 0 Å². The topological polar surface area (TPSA) is 49.4 Å². The highest BCUT2D eigenvalue weighted by atomic mass is 35.5. The highest BCUT2D eigenvalue weighted by Crippen LogP contribution is 2.24. The van der Waals surface area contributed by atoms with Crippen LogP contribution in [-0.4, -0.2) is 28.8 Å². The van der Waals surface area contributed by atoms with Crippen LogP contribution in [0.25, 0.3) is 0 Å². The molecule has 1 N–H and O–H groups in total. The summed E-state index contributed by atoms with van der Waals surface area (Å²) in [5.74, 6) is 0.290. The van der Waals surface area contributed by atoms with Gasteiger partial charge in [0.25, 0.3) is 0 Å². The lowest BCUT2D eigenvalue weighted by molar-refractivity contribution is -0.141. The summed E-state index contributed by atoms with van der Waals surface area (Å²) in [5.41, 5.74) is 3.23. The number of nitrogens with zero attached hydrogens (tertiary/aromatic N) is 1. The fourth-order valence-electron chi connectivity index (χ4n) is 3.66. The third-order valence-electron chi connectivity index (χ3n) is 6.00. The van der Waals surface area contributed by atoms with Crippen LogP contribution in [0.15, 0.2) is 42.5 Å². The van der Waals surface area contributed by atoms with Gasteiger partial charge in [-0.15, -0.1) is 0 Å². The van der Waals surface area contributed by atoms with E-state index in [0.29, 0.717) is 41.8 Å². The first-order chi connectivity index (χ1) is 15.7. The van der Waals surface area contributed by atoms with Crippen LogP contribution < -0.4 is 5.32 Å². The van der Waals surface area contributed by atoms with E-state index in [1.165, 1.54) is 5.56 Å². The van der Waals surface area contributed by atoms with E-state index in [-0.39, 0.29) is 17.9 Å². The molecule has 4 nitrogen and oxygen atoms in total. The Morgan fingerprint density at radius 2 is 1.55 bits per heavy atom. The molecule has 0 spiro atoms. The van der Waals surface area contributed by atoms with Gasteiger partial charge >= 0.3 is 0 Å². The number of benzene rings is 2. The second-order valence-electron chi connectivity index (χ2n) is 8.91. The van der Waals surface area contributed by atoms with Gasteiger partial charge < -0.3 is 10.2 Å². The van der Waals surface area contributed by atoms with E-state index in [2.05, 4.69) is 43.4 Å². The fraction of sp³-hybridized carbons (Fsp3) is 0.481. The van der Waals surface area contributed by atoms with Gasteiger partial charge in [-0.05, 0) is 60.9 Å². The molecule has 2 atom stereocenters. The Labute approximate surface area is 208 Å². The molecule has 2 aromatic carbocycles. The summed E-state index contributed by atoms with van der Waals surface area (Å²) in [6.45, 7) is 10.5. The van der Waals surface area contributed by atoms with Crippen LogP contribution in [0.4, 0.5) is 0 Å². The quantitative estimate of drug-likeness (QED) is 0.377. The molecule has 0 aliphatic heterocycles. The summed E-state index contributed by atoms with van der Waals surface area (Å²) in [4.78, 5) is 28.1. The van der Waals surface area contributed by atoms with Crippen molar-refractivity contribution >= 4 is 35.0 Å². The van der Waals surface area contributed by atoms with Crippen LogP contribution >= 0.6 is 23.2 Å². The number of carbonyl (C=O) groups is 2. The highest BCUT2D eigenvalue weighted by Gasteiger charge is 2.29. The normalized spacial score (nSPS) is 13.0. The summed E-state index contributed by atoms with van der Waals surface area (Å²) >= 11 is 12.3. The van der Waals surface area contributed by atoms with E-state index >= 15 is 0 Å². The van der Waals surface area contributed by atoms with Crippen molar-refractivity contribution in [2.45, 2.75) is 84.8 Å². The Morgan fingerprint density at radius 3 is 2.09 bits per heavy atom. The predicted octanol–water partition coefficient (Wildman–Crippen LogP) is 6.77. The molecule has 33 heavy (non-hydrogen) atoms. The van der Waals surface area contributed by atoms with Gasteiger partial charge in [-0.25, -0.2) is 0 Å². The first kappa shape index (κ1) is 27.2. The molecule has 0 bridgehead atoms. The van der Waals surface area contributed by atoms with Crippen LogP contribution in [-0.2, 0) is 22.6 Å². The molecule has 0 unspecified atom stereocenters. The lowest BCUT2D eigenvalue weighted by atomic mass is 10.00. The Bertz CT molecular complexity index is 928. The molecule has 2 rings (SSSR count). The first-order valence-electron chi connectivity index (χ1n) is 11.8. The van der Waals surface area contributed by atoms with Crippen molar-refractivity contribution in [3.63, 3.8) is 0 Å². The summed E-state index contributed by atoms with van der Waals surface area (Å²) in [5, 5.41) is 3.93. The summed E-state index contributed by atoms with van der Waals surface area (Å²) in [7, 11) is 0. The standard InChI is InChI=1S/C27H36Cl2N2O2/c1-6-19(5)30-27(33)25(7-2)31(17-21-10-14-23(28)24(29)16-21)26(32)15-11-20-8-12-22(13-9-20)18(3)4/h8-10,12-14,16,18-19,25H,6-7,11,15,17H2,1-5H3,(H,30,33)/t19-,25+/m1/s1. The van der Waals surface area contributed by atoms with E-state index in [4.69, 9.17) is 23.2 Å². The number of nitrogens with one attached hydrogen (secondary N) is 1. The highest BCUT2D eigenvalue weighted by molar-refractivity contribution is 6.42. The van der Waals surface area contributed by atoms with Crippen molar-refractivity contribution in [2.24, 2.45) is 0 Å². The second-order valence-corrected chi connectivity index (χ2v) is 9.72.